The summed E-state index contributed by atoms with van der Waals surface area (Å²) in [5.41, 5.74) is 0.349. The van der Waals surface area contributed by atoms with Gasteiger partial charge in [-0.2, -0.15) is 4.72 Å². The summed E-state index contributed by atoms with van der Waals surface area (Å²) in [5.74, 6) is -1.12. The van der Waals surface area contributed by atoms with Crippen molar-refractivity contribution >= 4 is 44.8 Å². The largest absolute Gasteiger partial charge is 0.325 e. The number of hydrogen-bond acceptors (Lipinski definition) is 3. The van der Waals surface area contributed by atoms with Crippen molar-refractivity contribution < 1.29 is 17.6 Å². The molecule has 9 heteroatoms. The Morgan fingerprint density at radius 2 is 1.68 bits per heavy atom. The Bertz CT molecular complexity index is 853. The molecule has 0 saturated heterocycles. The van der Waals surface area contributed by atoms with Crippen LogP contribution in [0.4, 0.5) is 10.1 Å². The molecule has 0 spiro atoms. The third-order valence-electron chi connectivity index (χ3n) is 3.28. The maximum atomic E-state index is 12.9. The predicted octanol–water partition coefficient (Wildman–Crippen LogP) is 3.83. The van der Waals surface area contributed by atoms with E-state index in [1.165, 1.54) is 18.2 Å². The van der Waals surface area contributed by atoms with Crippen molar-refractivity contribution in [2.45, 2.75) is 24.3 Å². The van der Waals surface area contributed by atoms with Gasteiger partial charge < -0.3 is 5.32 Å². The van der Waals surface area contributed by atoms with Crippen molar-refractivity contribution in [2.24, 2.45) is 0 Å². The summed E-state index contributed by atoms with van der Waals surface area (Å²) >= 11 is 11.7. The average molecular weight is 405 g/mol. The van der Waals surface area contributed by atoms with Gasteiger partial charge in [0.15, 0.2) is 0 Å². The third-order valence-corrected chi connectivity index (χ3v) is 5.20. The minimum absolute atomic E-state index is 0.133. The number of benzene rings is 2. The number of rotatable bonds is 6. The molecule has 2 N–H and O–H groups in total. The van der Waals surface area contributed by atoms with Crippen LogP contribution >= 0.6 is 23.2 Å². The van der Waals surface area contributed by atoms with Crippen LogP contribution in [0, 0.1) is 5.82 Å². The standard InChI is InChI=1S/C16H15Cl2FN2O3S/c1-2-15(16(22)20-13-8-10(17)7-11(18)9-13)21-25(23,24)14-5-3-12(19)4-6-14/h3-9,15,21H,2H2,1H3,(H,20,22). The van der Waals surface area contributed by atoms with Crippen LogP contribution in [0.2, 0.25) is 10.0 Å². The Morgan fingerprint density at radius 3 is 2.20 bits per heavy atom. The first-order chi connectivity index (χ1) is 11.7. The van der Waals surface area contributed by atoms with Gasteiger partial charge in [0.05, 0.1) is 4.90 Å². The molecule has 2 rings (SSSR count). The van der Waals surface area contributed by atoms with Gasteiger partial charge in [0, 0.05) is 15.7 Å². The molecule has 0 heterocycles. The molecule has 0 saturated carbocycles. The minimum atomic E-state index is -3.97. The summed E-state index contributed by atoms with van der Waals surface area (Å²) in [5, 5.41) is 3.23. The molecule has 0 fully saturated rings. The number of carbonyl (C=O) groups excluding carboxylic acids is 1. The second-order valence-electron chi connectivity index (χ2n) is 5.18. The van der Waals surface area contributed by atoms with E-state index in [-0.39, 0.29) is 11.3 Å². The molecular weight excluding hydrogens is 390 g/mol. The van der Waals surface area contributed by atoms with E-state index in [2.05, 4.69) is 10.0 Å². The van der Waals surface area contributed by atoms with Gasteiger partial charge in [0.25, 0.3) is 0 Å². The van der Waals surface area contributed by atoms with Gasteiger partial charge in [0.2, 0.25) is 15.9 Å². The van der Waals surface area contributed by atoms with Crippen LogP contribution in [0.3, 0.4) is 0 Å². The number of nitrogens with one attached hydrogen (secondary N) is 2. The van der Waals surface area contributed by atoms with Crippen LogP contribution in [-0.4, -0.2) is 20.4 Å². The van der Waals surface area contributed by atoms with Gasteiger partial charge in [-0.3, -0.25) is 4.79 Å². The second-order valence-corrected chi connectivity index (χ2v) is 7.77. The molecule has 0 aromatic heterocycles. The highest BCUT2D eigenvalue weighted by Crippen LogP contribution is 2.22. The highest BCUT2D eigenvalue weighted by atomic mass is 35.5. The van der Waals surface area contributed by atoms with Crippen LogP contribution < -0.4 is 10.0 Å². The number of halogens is 3. The van der Waals surface area contributed by atoms with Crippen LogP contribution in [0.5, 0.6) is 0 Å². The minimum Gasteiger partial charge on any atom is -0.325 e. The average Bonchev–Trinajstić information content (AvgIpc) is 2.52. The van der Waals surface area contributed by atoms with Gasteiger partial charge in [-0.05, 0) is 48.9 Å². The maximum Gasteiger partial charge on any atom is 0.242 e. The molecule has 2 aromatic rings. The van der Waals surface area contributed by atoms with Crippen LogP contribution in [0.15, 0.2) is 47.4 Å². The maximum absolute atomic E-state index is 12.9. The Balaban J connectivity index is 2.15. The van der Waals surface area contributed by atoms with Crippen LogP contribution in [0.25, 0.3) is 0 Å². The molecule has 25 heavy (non-hydrogen) atoms. The zero-order valence-corrected chi connectivity index (χ0v) is 15.4. The first-order valence-electron chi connectivity index (χ1n) is 7.26. The van der Waals surface area contributed by atoms with E-state index < -0.39 is 27.8 Å². The molecule has 1 unspecified atom stereocenters. The topological polar surface area (TPSA) is 75.3 Å². The van der Waals surface area contributed by atoms with Gasteiger partial charge in [-0.25, -0.2) is 12.8 Å². The monoisotopic (exact) mass is 404 g/mol. The van der Waals surface area contributed by atoms with Gasteiger partial charge in [-0.1, -0.05) is 30.1 Å². The van der Waals surface area contributed by atoms with Crippen molar-refractivity contribution in [2.75, 3.05) is 5.32 Å². The van der Waals surface area contributed by atoms with Crippen molar-refractivity contribution in [1.29, 1.82) is 0 Å². The third kappa shape index (κ3) is 5.40. The van der Waals surface area contributed by atoms with Gasteiger partial charge in [-0.15, -0.1) is 0 Å². The summed E-state index contributed by atoms with van der Waals surface area (Å²) in [4.78, 5) is 12.2. The normalized spacial score (nSPS) is 12.6. The van der Waals surface area contributed by atoms with E-state index in [1.807, 2.05) is 0 Å². The summed E-state index contributed by atoms with van der Waals surface area (Å²) in [6.07, 6.45) is 0.209. The van der Waals surface area contributed by atoms with Crippen molar-refractivity contribution in [1.82, 2.24) is 4.72 Å². The lowest BCUT2D eigenvalue weighted by Crippen LogP contribution is -2.43. The van der Waals surface area contributed by atoms with E-state index in [0.29, 0.717) is 15.7 Å². The molecule has 0 aliphatic rings. The fourth-order valence-corrected chi connectivity index (χ4v) is 3.85. The van der Waals surface area contributed by atoms with Crippen molar-refractivity contribution in [3.8, 4) is 0 Å². The zero-order chi connectivity index (χ0) is 18.6. The van der Waals surface area contributed by atoms with E-state index >= 15 is 0 Å². The lowest BCUT2D eigenvalue weighted by molar-refractivity contribution is -0.117. The van der Waals surface area contributed by atoms with Gasteiger partial charge in [0.1, 0.15) is 11.9 Å². The highest BCUT2D eigenvalue weighted by Gasteiger charge is 2.24. The SMILES string of the molecule is CCC(NS(=O)(=O)c1ccc(F)cc1)C(=O)Nc1cc(Cl)cc(Cl)c1. The number of carbonyl (C=O) groups is 1. The fraction of sp³-hybridized carbons (Fsp3) is 0.188. The summed E-state index contributed by atoms with van der Waals surface area (Å²) < 4.78 is 39.9. The zero-order valence-electron chi connectivity index (χ0n) is 13.1. The molecule has 134 valence electrons. The van der Waals surface area contributed by atoms with Crippen molar-refractivity contribution in [3.05, 3.63) is 58.3 Å². The molecule has 2 aromatic carbocycles. The molecule has 0 aliphatic heterocycles. The highest BCUT2D eigenvalue weighted by molar-refractivity contribution is 7.89. The molecule has 5 nitrogen and oxygen atoms in total. The van der Waals surface area contributed by atoms with Crippen LogP contribution in [0.1, 0.15) is 13.3 Å². The molecule has 1 atom stereocenters. The lowest BCUT2D eigenvalue weighted by atomic mass is 10.2. The first-order valence-corrected chi connectivity index (χ1v) is 9.50. The number of amides is 1. The van der Waals surface area contributed by atoms with Crippen LogP contribution in [-0.2, 0) is 14.8 Å². The Morgan fingerprint density at radius 1 is 1.12 bits per heavy atom. The van der Waals surface area contributed by atoms with E-state index in [4.69, 9.17) is 23.2 Å². The fourth-order valence-electron chi connectivity index (χ4n) is 2.05. The number of sulfonamides is 1. The van der Waals surface area contributed by atoms with E-state index in [1.54, 1.807) is 6.92 Å². The molecule has 1 amide bonds. The predicted molar refractivity (Wildman–Crippen MR) is 95.9 cm³/mol. The Kier molecular flexibility index (Phi) is 6.40. The Hall–Kier alpha value is -1.67. The number of hydrogen-bond donors (Lipinski definition) is 2. The van der Waals surface area contributed by atoms with Crippen molar-refractivity contribution in [3.63, 3.8) is 0 Å². The first kappa shape index (κ1) is 19.7. The molecule has 0 bridgehead atoms. The second kappa shape index (κ2) is 8.14. The Labute approximate surface area is 155 Å². The van der Waals surface area contributed by atoms with E-state index in [0.717, 1.165) is 24.3 Å². The molecule has 0 aliphatic carbocycles. The molecular formula is C16H15Cl2FN2O3S. The summed E-state index contributed by atoms with van der Waals surface area (Å²) in [6, 6.07) is 7.78. The van der Waals surface area contributed by atoms with E-state index in [9.17, 15) is 17.6 Å². The number of anilines is 1. The smallest absolute Gasteiger partial charge is 0.242 e. The quantitative estimate of drug-likeness (QED) is 0.767. The summed E-state index contributed by atoms with van der Waals surface area (Å²) in [6.45, 7) is 1.66. The lowest BCUT2D eigenvalue weighted by Gasteiger charge is -2.17. The van der Waals surface area contributed by atoms with Gasteiger partial charge >= 0.3 is 0 Å². The molecule has 0 radical (unpaired) electrons. The summed E-state index contributed by atoms with van der Waals surface area (Å²) in [7, 11) is -3.97.